The lowest BCUT2D eigenvalue weighted by molar-refractivity contribution is -0.161. The van der Waals surface area contributed by atoms with Crippen LogP contribution < -0.4 is 0 Å². The van der Waals surface area contributed by atoms with E-state index in [-0.39, 0.29) is 25.9 Å². The molecule has 0 saturated carbocycles. The predicted octanol–water partition coefficient (Wildman–Crippen LogP) is 19.8. The third-order valence-electron chi connectivity index (χ3n) is 13.8. The monoisotopic (exact) mass is 1140 g/mol. The lowest BCUT2D eigenvalue weighted by atomic mass is 10.0. The molecule has 12 heteroatoms. The second-order valence-corrected chi connectivity index (χ2v) is 23.0. The Bertz CT molecular complexity index is 1670. The third kappa shape index (κ3) is 59.3. The summed E-state index contributed by atoms with van der Waals surface area (Å²) in [4.78, 5) is 48.7. The summed E-state index contributed by atoms with van der Waals surface area (Å²) in [5, 5.41) is 9.86. The molecule has 0 bridgehead atoms. The van der Waals surface area contributed by atoms with E-state index in [0.717, 1.165) is 89.9 Å². The average molecular weight is 1140 g/mol. The van der Waals surface area contributed by atoms with E-state index in [0.29, 0.717) is 25.7 Å². The number of carbonyl (C=O) groups excluding carboxylic acids is 3. The summed E-state index contributed by atoms with van der Waals surface area (Å²) in [5.74, 6) is -1.57. The van der Waals surface area contributed by atoms with Crippen LogP contribution in [0.25, 0.3) is 0 Å². The topological polar surface area (TPSA) is 155 Å². The van der Waals surface area contributed by atoms with Crippen LogP contribution in [0.4, 0.5) is 0 Å². The Morgan fingerprint density at radius 2 is 0.675 bits per heavy atom. The highest BCUT2D eigenvalue weighted by Crippen LogP contribution is 2.43. The molecular formula is C68H119O11P. The molecule has 3 atom stereocenters. The van der Waals surface area contributed by atoms with Crippen molar-refractivity contribution in [3.05, 3.63) is 85.1 Å². The van der Waals surface area contributed by atoms with E-state index < -0.39 is 57.8 Å². The van der Waals surface area contributed by atoms with Crippen LogP contribution in [0.5, 0.6) is 0 Å². The van der Waals surface area contributed by atoms with Gasteiger partial charge < -0.3 is 24.2 Å². The van der Waals surface area contributed by atoms with Crippen molar-refractivity contribution in [1.29, 1.82) is 0 Å². The first-order valence-corrected chi connectivity index (χ1v) is 34.0. The van der Waals surface area contributed by atoms with Gasteiger partial charge in [0.1, 0.15) is 12.7 Å². The number of phosphoric acid groups is 1. The number of rotatable bonds is 60. The van der Waals surface area contributed by atoms with Crippen LogP contribution in [0.2, 0.25) is 0 Å². The van der Waals surface area contributed by atoms with Gasteiger partial charge in [-0.2, -0.15) is 0 Å². The highest BCUT2D eigenvalue weighted by molar-refractivity contribution is 7.47. The van der Waals surface area contributed by atoms with Crippen LogP contribution in [0.1, 0.15) is 290 Å². The Balaban J connectivity index is 4.75. The number of phosphoric ester groups is 1. The van der Waals surface area contributed by atoms with Crippen molar-refractivity contribution in [2.24, 2.45) is 0 Å². The maximum absolute atomic E-state index is 13.0. The van der Waals surface area contributed by atoms with Crippen LogP contribution in [0.15, 0.2) is 85.1 Å². The molecule has 3 unspecified atom stereocenters. The van der Waals surface area contributed by atoms with Gasteiger partial charge >= 0.3 is 25.7 Å². The molecule has 0 fully saturated rings. The standard InChI is InChI=1S/C68H119O11P/c1-4-7-10-13-16-19-22-25-28-30-32-34-37-40-43-46-49-52-55-58-67(71)78-64(60-69)62-76-80(73,74)77-63-65(61-75-66(70)57-54-51-48-45-42-39-36-27-24-21-18-15-12-9-6-3)79-68(72)59-56-53-50-47-44-41-38-35-33-31-29-26-23-20-17-14-11-8-5-2/h8,11,17,20,26-27,29,33,35-36,41,44,50,53,64-65,69H,4-7,9-10,12-16,18-19,21-25,28,30-32,34,37-40,42-43,45-49,51-52,54-63H2,1-3H3,(H,73,74)/b11-8-,20-17-,29-26-,35-33-,36-27-,44-41-,53-50-. The number of esters is 3. The minimum atomic E-state index is -4.78. The first-order chi connectivity index (χ1) is 39.2. The van der Waals surface area contributed by atoms with Gasteiger partial charge in [0.05, 0.1) is 19.8 Å². The quantitative estimate of drug-likeness (QED) is 0.0197. The summed E-state index contributed by atoms with van der Waals surface area (Å²) in [5.41, 5.74) is 0. The minimum absolute atomic E-state index is 0.0396. The predicted molar refractivity (Wildman–Crippen MR) is 334 cm³/mol. The molecule has 0 heterocycles. The van der Waals surface area contributed by atoms with Crippen LogP contribution in [-0.4, -0.2) is 66.5 Å². The van der Waals surface area contributed by atoms with Gasteiger partial charge in [0.15, 0.2) is 6.10 Å². The van der Waals surface area contributed by atoms with Crippen LogP contribution in [-0.2, 0) is 42.2 Å². The van der Waals surface area contributed by atoms with Gasteiger partial charge in [0, 0.05) is 19.3 Å². The van der Waals surface area contributed by atoms with Crippen LogP contribution in [0, 0.1) is 0 Å². The van der Waals surface area contributed by atoms with Crippen molar-refractivity contribution in [2.75, 3.05) is 26.4 Å². The van der Waals surface area contributed by atoms with E-state index in [1.165, 1.54) is 135 Å². The molecule has 0 amide bonds. The fourth-order valence-corrected chi connectivity index (χ4v) is 9.69. The third-order valence-corrected chi connectivity index (χ3v) is 14.8. The van der Waals surface area contributed by atoms with Gasteiger partial charge in [-0.1, -0.05) is 273 Å². The zero-order valence-corrected chi connectivity index (χ0v) is 52.2. The highest BCUT2D eigenvalue weighted by Gasteiger charge is 2.28. The maximum Gasteiger partial charge on any atom is 0.472 e. The normalized spacial score (nSPS) is 13.8. The zero-order valence-electron chi connectivity index (χ0n) is 51.3. The van der Waals surface area contributed by atoms with Gasteiger partial charge in [-0.25, -0.2) is 4.57 Å². The van der Waals surface area contributed by atoms with Crippen molar-refractivity contribution in [2.45, 2.75) is 303 Å². The number of aliphatic hydroxyl groups is 1. The second kappa shape index (κ2) is 61.7. The number of hydrogen-bond acceptors (Lipinski definition) is 10. The lowest BCUT2D eigenvalue weighted by Crippen LogP contribution is -2.30. The molecule has 0 radical (unpaired) electrons. The summed E-state index contributed by atoms with van der Waals surface area (Å²) in [6.07, 6.45) is 72.7. The van der Waals surface area contributed by atoms with Crippen molar-refractivity contribution < 1.29 is 52.2 Å². The average Bonchev–Trinajstić information content (AvgIpc) is 3.45. The number of aliphatic hydroxyl groups excluding tert-OH is 1. The molecule has 0 rings (SSSR count). The molecule has 462 valence electrons. The molecule has 11 nitrogen and oxygen atoms in total. The van der Waals surface area contributed by atoms with Crippen molar-refractivity contribution in [3.8, 4) is 0 Å². The van der Waals surface area contributed by atoms with Crippen molar-refractivity contribution in [3.63, 3.8) is 0 Å². The van der Waals surface area contributed by atoms with Gasteiger partial charge in [0.25, 0.3) is 0 Å². The molecule has 0 aliphatic rings. The fraction of sp³-hybridized carbons (Fsp3) is 0.750. The van der Waals surface area contributed by atoms with Gasteiger partial charge in [0.2, 0.25) is 0 Å². The van der Waals surface area contributed by atoms with Crippen LogP contribution >= 0.6 is 7.82 Å². The molecule has 0 aromatic rings. The lowest BCUT2D eigenvalue weighted by Gasteiger charge is -2.21. The fourth-order valence-electron chi connectivity index (χ4n) is 8.91. The SMILES string of the molecule is CC/C=C\C/C=C\C/C=C\C/C=C\C/C=C\C/C=C\CCC(=O)OC(COC(=O)CCCCCCC/C=C\CCCCCCCC)COP(=O)(O)OCC(CO)OC(=O)CCCCCCCCCCCCCCCCCCCCC. The Hall–Kier alpha value is -3.34. The summed E-state index contributed by atoms with van der Waals surface area (Å²) < 4.78 is 39.6. The van der Waals surface area contributed by atoms with E-state index in [2.05, 4.69) is 93.7 Å². The molecule has 0 aliphatic heterocycles. The molecule has 0 saturated heterocycles. The summed E-state index contributed by atoms with van der Waals surface area (Å²) in [6, 6.07) is 0. The van der Waals surface area contributed by atoms with Gasteiger partial charge in [-0.3, -0.25) is 23.4 Å². The van der Waals surface area contributed by atoms with Crippen molar-refractivity contribution in [1.82, 2.24) is 0 Å². The number of carbonyl (C=O) groups is 3. The molecule has 80 heavy (non-hydrogen) atoms. The number of ether oxygens (including phenoxy) is 3. The highest BCUT2D eigenvalue weighted by atomic mass is 31.2. The van der Waals surface area contributed by atoms with E-state index >= 15 is 0 Å². The van der Waals surface area contributed by atoms with E-state index in [4.69, 9.17) is 23.3 Å². The molecular weight excluding hydrogens is 1020 g/mol. The molecule has 0 aromatic heterocycles. The zero-order chi connectivity index (χ0) is 58.3. The number of hydrogen-bond donors (Lipinski definition) is 2. The van der Waals surface area contributed by atoms with Gasteiger partial charge in [-0.15, -0.1) is 0 Å². The molecule has 2 N–H and O–H groups in total. The van der Waals surface area contributed by atoms with Crippen molar-refractivity contribution >= 4 is 25.7 Å². The Morgan fingerprint density at radius 1 is 0.362 bits per heavy atom. The summed E-state index contributed by atoms with van der Waals surface area (Å²) in [6.45, 7) is 4.48. The number of allylic oxidation sites excluding steroid dienone is 14. The van der Waals surface area contributed by atoms with E-state index in [9.17, 15) is 28.9 Å². The van der Waals surface area contributed by atoms with Crippen LogP contribution in [0.3, 0.4) is 0 Å². The summed E-state index contributed by atoms with van der Waals surface area (Å²) in [7, 11) is -4.78. The smallest absolute Gasteiger partial charge is 0.462 e. The first kappa shape index (κ1) is 76.7. The molecule has 0 aliphatic carbocycles. The Labute approximate surface area is 490 Å². The first-order valence-electron chi connectivity index (χ1n) is 32.5. The second-order valence-electron chi connectivity index (χ2n) is 21.6. The molecule has 0 aromatic carbocycles. The molecule has 0 spiro atoms. The minimum Gasteiger partial charge on any atom is -0.462 e. The van der Waals surface area contributed by atoms with E-state index in [1.807, 2.05) is 12.2 Å². The summed E-state index contributed by atoms with van der Waals surface area (Å²) >= 11 is 0. The largest absolute Gasteiger partial charge is 0.472 e. The Morgan fingerprint density at radius 3 is 1.07 bits per heavy atom. The van der Waals surface area contributed by atoms with E-state index in [1.54, 1.807) is 0 Å². The van der Waals surface area contributed by atoms with Gasteiger partial charge in [-0.05, 0) is 83.5 Å². The maximum atomic E-state index is 13.0. The Kier molecular flexibility index (Phi) is 59.1. The number of unbranched alkanes of at least 4 members (excludes halogenated alkanes) is 29.